The van der Waals surface area contributed by atoms with Crippen molar-refractivity contribution in [3.8, 4) is 23.0 Å². The molecule has 0 amide bonds. The third-order valence-corrected chi connectivity index (χ3v) is 7.42. The van der Waals surface area contributed by atoms with Gasteiger partial charge in [-0.15, -0.1) is 0 Å². The van der Waals surface area contributed by atoms with Crippen LogP contribution in [0.2, 0.25) is 10.0 Å². The van der Waals surface area contributed by atoms with Crippen molar-refractivity contribution in [1.29, 1.82) is 0 Å². The number of ether oxygens (including phenoxy) is 5. The number of hydrogen-bond donors (Lipinski definition) is 1. The Hall–Kier alpha value is -1.85. The standard InChI is InChI=1S/C16H16BrClO3.C13H10BrClO2.C3H7ClO.CH4.H2/c1-2-19-11-20-10-12-9-15(7-8-16(12)17)21-14-5-3-13(18)4-6-14;14-13-6-5-12(7-9(13)8-16)17-11-3-1-10(15)2-4-11;1-2-5-3-4;;/h3-9H,2,10-11H2,1H3;1-7,16H,8H2;2-3H2,1H3;1H4;1H. The molecule has 4 rings (SSSR count). The molecule has 0 radical (unpaired) electrons. The van der Waals surface area contributed by atoms with Crippen molar-refractivity contribution in [3.63, 3.8) is 0 Å². The first-order valence-electron chi connectivity index (χ1n) is 13.1. The Morgan fingerprint density at radius 2 is 1.07 bits per heavy atom. The number of benzene rings is 4. The van der Waals surface area contributed by atoms with Crippen molar-refractivity contribution < 1.29 is 30.2 Å². The van der Waals surface area contributed by atoms with Gasteiger partial charge in [-0.2, -0.15) is 0 Å². The van der Waals surface area contributed by atoms with Crippen molar-refractivity contribution >= 4 is 66.7 Å². The maximum absolute atomic E-state index is 9.14. The second-order valence-electron chi connectivity index (χ2n) is 8.34. The van der Waals surface area contributed by atoms with E-state index >= 15 is 0 Å². The highest BCUT2D eigenvalue weighted by atomic mass is 79.9. The zero-order valence-electron chi connectivity index (χ0n) is 23.7. The molecule has 0 unspecified atom stereocenters. The molecule has 0 aliphatic rings. The lowest BCUT2D eigenvalue weighted by Gasteiger charge is -2.10. The van der Waals surface area contributed by atoms with Gasteiger partial charge in [0, 0.05) is 33.6 Å². The minimum atomic E-state index is -0.0294. The van der Waals surface area contributed by atoms with E-state index in [0.29, 0.717) is 47.4 Å². The van der Waals surface area contributed by atoms with Crippen LogP contribution in [0.5, 0.6) is 23.0 Å². The molecule has 242 valence electrons. The Morgan fingerprint density at radius 1 is 0.636 bits per heavy atom. The van der Waals surface area contributed by atoms with Crippen LogP contribution in [0.4, 0.5) is 0 Å². The van der Waals surface area contributed by atoms with E-state index in [0.717, 1.165) is 31.6 Å². The van der Waals surface area contributed by atoms with E-state index in [1.54, 1.807) is 42.5 Å². The van der Waals surface area contributed by atoms with Crippen LogP contribution in [0.3, 0.4) is 0 Å². The van der Waals surface area contributed by atoms with Crippen LogP contribution in [-0.4, -0.2) is 31.2 Å². The van der Waals surface area contributed by atoms with Gasteiger partial charge in [0.15, 0.2) is 0 Å². The number of aliphatic hydroxyl groups excluding tert-OH is 1. The van der Waals surface area contributed by atoms with Crippen LogP contribution in [0.25, 0.3) is 0 Å². The lowest BCUT2D eigenvalue weighted by atomic mass is 10.2. The molecule has 0 bridgehead atoms. The number of hydrogen-bond acceptors (Lipinski definition) is 6. The predicted octanol–water partition coefficient (Wildman–Crippen LogP) is 11.9. The van der Waals surface area contributed by atoms with Crippen molar-refractivity contribution in [3.05, 3.63) is 115 Å². The second kappa shape index (κ2) is 23.5. The van der Waals surface area contributed by atoms with Gasteiger partial charge in [0.1, 0.15) is 35.9 Å². The van der Waals surface area contributed by atoms with Gasteiger partial charge >= 0.3 is 0 Å². The maximum atomic E-state index is 9.14. The predicted molar refractivity (Wildman–Crippen MR) is 190 cm³/mol. The first-order chi connectivity index (χ1) is 20.8. The summed E-state index contributed by atoms with van der Waals surface area (Å²) >= 11 is 23.6. The summed E-state index contributed by atoms with van der Waals surface area (Å²) in [5.41, 5.74) is 1.79. The first kappa shape index (κ1) is 40.2. The molecule has 4 aromatic carbocycles. The van der Waals surface area contributed by atoms with E-state index in [1.165, 1.54) is 0 Å². The smallest absolute Gasteiger partial charge is 0.147 e. The fraction of sp³-hybridized carbons (Fsp3) is 0.273. The molecule has 0 heterocycles. The molecule has 0 aliphatic heterocycles. The molecule has 0 saturated carbocycles. The summed E-state index contributed by atoms with van der Waals surface area (Å²) < 4.78 is 28.5. The fourth-order valence-electron chi connectivity index (χ4n) is 3.11. The highest BCUT2D eigenvalue weighted by molar-refractivity contribution is 9.10. The van der Waals surface area contributed by atoms with Gasteiger partial charge in [-0.05, 0) is 110 Å². The zero-order chi connectivity index (χ0) is 31.5. The molecule has 11 heteroatoms. The molecule has 6 nitrogen and oxygen atoms in total. The van der Waals surface area contributed by atoms with E-state index in [2.05, 4.69) is 36.6 Å². The molecule has 4 aromatic rings. The minimum Gasteiger partial charge on any atom is -0.457 e. The maximum Gasteiger partial charge on any atom is 0.147 e. The normalized spacial score (nSPS) is 10.0. The minimum absolute atomic E-state index is 0. The fourth-order valence-corrected chi connectivity index (χ4v) is 4.25. The Morgan fingerprint density at radius 3 is 1.48 bits per heavy atom. The summed E-state index contributed by atoms with van der Waals surface area (Å²) in [4.78, 5) is 0. The van der Waals surface area contributed by atoms with E-state index < -0.39 is 0 Å². The molecule has 0 aliphatic carbocycles. The number of aliphatic hydroxyl groups is 1. The van der Waals surface area contributed by atoms with Crippen molar-refractivity contribution in [1.82, 2.24) is 0 Å². The summed E-state index contributed by atoms with van der Waals surface area (Å²) in [6.07, 6.45) is 0. The topological polar surface area (TPSA) is 66.4 Å². The highest BCUT2D eigenvalue weighted by Crippen LogP contribution is 2.29. The highest BCUT2D eigenvalue weighted by Gasteiger charge is 2.05. The Balaban J connectivity index is 0.000000730. The SMILES string of the molecule is C.CCOCCl.CCOCOCc1cc(Oc2ccc(Cl)cc2)ccc1Br.OCc1cc(Oc2ccc(Cl)cc2)ccc1Br.[HH]. The van der Waals surface area contributed by atoms with E-state index in [9.17, 15) is 0 Å². The second-order valence-corrected chi connectivity index (χ2v) is 11.1. The summed E-state index contributed by atoms with van der Waals surface area (Å²) in [5, 5.41) is 10.5. The van der Waals surface area contributed by atoms with Crippen LogP contribution in [0.15, 0.2) is 93.9 Å². The average Bonchev–Trinajstić information content (AvgIpc) is 3.01. The summed E-state index contributed by atoms with van der Waals surface area (Å²) in [5.74, 6) is 2.87. The number of rotatable bonds is 12. The molecule has 0 spiro atoms. The Labute approximate surface area is 293 Å². The summed E-state index contributed by atoms with van der Waals surface area (Å²) in [7, 11) is 0. The molecule has 44 heavy (non-hydrogen) atoms. The van der Waals surface area contributed by atoms with Crippen LogP contribution in [0, 0.1) is 0 Å². The molecule has 1 N–H and O–H groups in total. The quantitative estimate of drug-likeness (QED) is 0.0875. The number of alkyl halides is 1. The van der Waals surface area contributed by atoms with Gasteiger partial charge in [0.2, 0.25) is 0 Å². The van der Waals surface area contributed by atoms with Gasteiger partial charge in [-0.3, -0.25) is 0 Å². The van der Waals surface area contributed by atoms with E-state index in [4.69, 9.17) is 58.9 Å². The van der Waals surface area contributed by atoms with Crippen molar-refractivity contribution in [2.75, 3.05) is 26.1 Å². The Kier molecular flexibility index (Phi) is 21.4. The molecular weight excluding hydrogens is 759 g/mol. The van der Waals surface area contributed by atoms with E-state index in [-0.39, 0.29) is 22.3 Å². The van der Waals surface area contributed by atoms with Crippen LogP contribution >= 0.6 is 66.7 Å². The Bertz CT molecular complexity index is 1350. The average molecular weight is 798 g/mol. The third kappa shape index (κ3) is 15.9. The molecular formula is C33H39Br2Cl3O6. The van der Waals surface area contributed by atoms with Gasteiger partial charge in [0.05, 0.1) is 13.2 Å². The van der Waals surface area contributed by atoms with Crippen molar-refractivity contribution in [2.24, 2.45) is 0 Å². The van der Waals surface area contributed by atoms with Gasteiger partial charge in [-0.25, -0.2) is 0 Å². The summed E-state index contributed by atoms with van der Waals surface area (Å²) in [6.45, 7) is 5.90. The van der Waals surface area contributed by atoms with Gasteiger partial charge in [-0.1, -0.05) is 74.1 Å². The zero-order valence-corrected chi connectivity index (χ0v) is 29.1. The monoisotopic (exact) mass is 794 g/mol. The molecule has 0 atom stereocenters. The van der Waals surface area contributed by atoms with E-state index in [1.807, 2.05) is 56.3 Å². The lowest BCUT2D eigenvalue weighted by molar-refractivity contribution is -0.0573. The van der Waals surface area contributed by atoms with Crippen LogP contribution < -0.4 is 9.47 Å². The molecule has 0 aromatic heterocycles. The van der Waals surface area contributed by atoms with Gasteiger partial charge in [0.25, 0.3) is 0 Å². The van der Waals surface area contributed by atoms with Crippen LogP contribution in [-0.2, 0) is 27.4 Å². The third-order valence-electron chi connectivity index (χ3n) is 5.21. The first-order valence-corrected chi connectivity index (χ1v) is 16.0. The largest absolute Gasteiger partial charge is 0.457 e. The van der Waals surface area contributed by atoms with Crippen LogP contribution in [0.1, 0.15) is 33.8 Å². The number of halogens is 5. The summed E-state index contributed by atoms with van der Waals surface area (Å²) in [6, 6.07) is 25.9. The lowest BCUT2D eigenvalue weighted by Crippen LogP contribution is -2.00. The molecule has 0 fully saturated rings. The van der Waals surface area contributed by atoms with Crippen molar-refractivity contribution in [2.45, 2.75) is 34.5 Å². The van der Waals surface area contributed by atoms with Gasteiger partial charge < -0.3 is 28.8 Å². The molecule has 0 saturated heterocycles.